The molecule has 0 bridgehead atoms. The van der Waals surface area contributed by atoms with Crippen molar-refractivity contribution in [3.8, 4) is 28.4 Å². The molecule has 5 aromatic rings. The lowest BCUT2D eigenvalue weighted by atomic mass is 9.98. The fourth-order valence-corrected chi connectivity index (χ4v) is 4.06. The van der Waals surface area contributed by atoms with E-state index in [1.54, 1.807) is 6.20 Å². The number of H-pyrrole nitrogens is 1. The molecule has 5 rings (SSSR count). The first kappa shape index (κ1) is 19.0. The summed E-state index contributed by atoms with van der Waals surface area (Å²) in [6.45, 7) is 2.73. The van der Waals surface area contributed by atoms with Crippen LogP contribution in [0.25, 0.3) is 33.4 Å². The SMILES string of the molecule is CCCc1c2ncccc2c(O)n1Cc1ccc(-c2ccccc2-c2nn[nH]n2)cc1. The fourth-order valence-electron chi connectivity index (χ4n) is 4.06. The second kappa shape index (κ2) is 8.02. The van der Waals surface area contributed by atoms with Crippen molar-refractivity contribution in [1.29, 1.82) is 0 Å². The molecule has 0 spiro atoms. The van der Waals surface area contributed by atoms with Gasteiger partial charge in [0, 0.05) is 17.5 Å². The summed E-state index contributed by atoms with van der Waals surface area (Å²) in [5.41, 5.74) is 6.10. The molecule has 0 aliphatic carbocycles. The summed E-state index contributed by atoms with van der Waals surface area (Å²) in [5, 5.41) is 26.1. The number of tetrazole rings is 1. The summed E-state index contributed by atoms with van der Waals surface area (Å²) in [7, 11) is 0. The van der Waals surface area contributed by atoms with Gasteiger partial charge in [0.1, 0.15) is 0 Å². The van der Waals surface area contributed by atoms with Gasteiger partial charge in [-0.2, -0.15) is 5.21 Å². The van der Waals surface area contributed by atoms with Crippen LogP contribution in [0.1, 0.15) is 24.6 Å². The van der Waals surface area contributed by atoms with E-state index in [4.69, 9.17) is 0 Å². The number of aromatic hydroxyl groups is 1. The Morgan fingerprint density at radius 2 is 1.77 bits per heavy atom. The topological polar surface area (TPSA) is 92.5 Å². The third kappa shape index (κ3) is 3.44. The number of rotatable bonds is 6. The first-order valence-corrected chi connectivity index (χ1v) is 10.3. The van der Waals surface area contributed by atoms with Crippen molar-refractivity contribution in [2.75, 3.05) is 0 Å². The minimum absolute atomic E-state index is 0.276. The average Bonchev–Trinajstić information content (AvgIpc) is 3.44. The van der Waals surface area contributed by atoms with Crippen LogP contribution in [0.4, 0.5) is 0 Å². The van der Waals surface area contributed by atoms with E-state index < -0.39 is 0 Å². The number of benzene rings is 2. The maximum atomic E-state index is 10.8. The van der Waals surface area contributed by atoms with E-state index in [1.165, 1.54) is 0 Å². The molecular formula is C24H22N6O. The molecule has 3 heterocycles. The van der Waals surface area contributed by atoms with Crippen molar-refractivity contribution >= 4 is 10.9 Å². The quantitative estimate of drug-likeness (QED) is 0.427. The third-order valence-corrected chi connectivity index (χ3v) is 5.51. The Balaban J connectivity index is 1.49. The molecule has 0 aliphatic rings. The predicted molar refractivity (Wildman–Crippen MR) is 120 cm³/mol. The second-order valence-corrected chi connectivity index (χ2v) is 7.48. The Kier molecular flexibility index (Phi) is 4.92. The molecule has 0 radical (unpaired) electrons. The van der Waals surface area contributed by atoms with Gasteiger partial charge in [0.05, 0.1) is 17.4 Å². The lowest BCUT2D eigenvalue weighted by molar-refractivity contribution is 0.425. The summed E-state index contributed by atoms with van der Waals surface area (Å²) in [6, 6.07) is 20.2. The van der Waals surface area contributed by atoms with Crippen LogP contribution in [-0.4, -0.2) is 35.3 Å². The summed E-state index contributed by atoms with van der Waals surface area (Å²) in [5.74, 6) is 0.846. The number of fused-ring (bicyclic) bond motifs is 1. The number of hydrogen-bond donors (Lipinski definition) is 2. The number of aryl methyl sites for hydroxylation is 1. The Hall–Kier alpha value is -4.00. The van der Waals surface area contributed by atoms with Gasteiger partial charge in [-0.25, -0.2) is 0 Å². The van der Waals surface area contributed by atoms with Gasteiger partial charge in [-0.3, -0.25) is 4.98 Å². The molecule has 31 heavy (non-hydrogen) atoms. The Morgan fingerprint density at radius 1 is 0.968 bits per heavy atom. The van der Waals surface area contributed by atoms with Crippen LogP contribution in [-0.2, 0) is 13.0 Å². The van der Waals surface area contributed by atoms with Crippen molar-refractivity contribution < 1.29 is 5.11 Å². The van der Waals surface area contributed by atoms with Crippen LogP contribution in [0.2, 0.25) is 0 Å². The molecule has 7 nitrogen and oxygen atoms in total. The van der Waals surface area contributed by atoms with E-state index in [0.717, 1.165) is 51.7 Å². The van der Waals surface area contributed by atoms with Gasteiger partial charge >= 0.3 is 0 Å². The number of nitrogens with zero attached hydrogens (tertiary/aromatic N) is 5. The summed E-state index contributed by atoms with van der Waals surface area (Å²) in [4.78, 5) is 4.51. The normalized spacial score (nSPS) is 11.3. The van der Waals surface area contributed by atoms with E-state index in [2.05, 4.69) is 62.9 Å². The van der Waals surface area contributed by atoms with Gasteiger partial charge < -0.3 is 9.67 Å². The first-order valence-electron chi connectivity index (χ1n) is 10.3. The van der Waals surface area contributed by atoms with Crippen molar-refractivity contribution in [1.82, 2.24) is 30.2 Å². The molecule has 0 aliphatic heterocycles. The molecule has 154 valence electrons. The lowest BCUT2D eigenvalue weighted by Gasteiger charge is -2.12. The van der Waals surface area contributed by atoms with E-state index in [-0.39, 0.29) is 5.88 Å². The number of aromatic amines is 1. The summed E-state index contributed by atoms with van der Waals surface area (Å²) >= 11 is 0. The van der Waals surface area contributed by atoms with E-state index in [1.807, 2.05) is 34.9 Å². The molecule has 0 atom stereocenters. The zero-order valence-corrected chi connectivity index (χ0v) is 17.2. The molecular weight excluding hydrogens is 388 g/mol. The highest BCUT2D eigenvalue weighted by Gasteiger charge is 2.17. The Bertz CT molecular complexity index is 1320. The molecule has 0 saturated heterocycles. The van der Waals surface area contributed by atoms with Gasteiger partial charge in [-0.1, -0.05) is 61.9 Å². The summed E-state index contributed by atoms with van der Waals surface area (Å²) < 4.78 is 1.98. The van der Waals surface area contributed by atoms with Gasteiger partial charge in [0.15, 0.2) is 0 Å². The van der Waals surface area contributed by atoms with Crippen molar-refractivity contribution in [3.63, 3.8) is 0 Å². The molecule has 2 aromatic carbocycles. The van der Waals surface area contributed by atoms with Gasteiger partial charge in [-0.05, 0) is 40.5 Å². The maximum absolute atomic E-state index is 10.8. The molecule has 0 fully saturated rings. The fraction of sp³-hybridized carbons (Fsp3) is 0.167. The minimum Gasteiger partial charge on any atom is -0.494 e. The highest BCUT2D eigenvalue weighted by molar-refractivity contribution is 5.87. The Labute approximate surface area is 179 Å². The largest absolute Gasteiger partial charge is 0.494 e. The van der Waals surface area contributed by atoms with Crippen LogP contribution >= 0.6 is 0 Å². The van der Waals surface area contributed by atoms with Crippen molar-refractivity contribution in [2.24, 2.45) is 0 Å². The van der Waals surface area contributed by atoms with E-state index in [9.17, 15) is 5.11 Å². The number of hydrogen-bond acceptors (Lipinski definition) is 5. The van der Waals surface area contributed by atoms with Crippen LogP contribution in [0.3, 0.4) is 0 Å². The monoisotopic (exact) mass is 410 g/mol. The maximum Gasteiger partial charge on any atom is 0.205 e. The van der Waals surface area contributed by atoms with Crippen LogP contribution in [0.5, 0.6) is 5.88 Å². The molecule has 0 amide bonds. The zero-order valence-electron chi connectivity index (χ0n) is 17.2. The molecule has 0 saturated carbocycles. The Morgan fingerprint density at radius 3 is 2.52 bits per heavy atom. The van der Waals surface area contributed by atoms with Crippen molar-refractivity contribution in [3.05, 3.63) is 78.1 Å². The first-order chi connectivity index (χ1) is 15.3. The number of nitrogens with one attached hydrogen (secondary N) is 1. The van der Waals surface area contributed by atoms with E-state index >= 15 is 0 Å². The summed E-state index contributed by atoms with van der Waals surface area (Å²) in [6.07, 6.45) is 3.63. The lowest BCUT2D eigenvalue weighted by Crippen LogP contribution is -2.04. The predicted octanol–water partition coefficient (Wildman–Crippen LogP) is 4.59. The average molecular weight is 410 g/mol. The smallest absolute Gasteiger partial charge is 0.205 e. The number of aromatic nitrogens is 6. The highest BCUT2D eigenvalue weighted by atomic mass is 16.3. The van der Waals surface area contributed by atoms with Gasteiger partial charge in [0.25, 0.3) is 0 Å². The molecule has 2 N–H and O–H groups in total. The molecule has 0 unspecified atom stereocenters. The highest BCUT2D eigenvalue weighted by Crippen LogP contribution is 2.33. The van der Waals surface area contributed by atoms with Crippen LogP contribution in [0, 0.1) is 0 Å². The second-order valence-electron chi connectivity index (χ2n) is 7.48. The number of pyridine rings is 1. The molecule has 3 aromatic heterocycles. The third-order valence-electron chi connectivity index (χ3n) is 5.51. The molecule has 7 heteroatoms. The van der Waals surface area contributed by atoms with Gasteiger partial charge in [-0.15, -0.1) is 10.2 Å². The van der Waals surface area contributed by atoms with Crippen LogP contribution in [0.15, 0.2) is 66.9 Å². The van der Waals surface area contributed by atoms with Crippen molar-refractivity contribution in [2.45, 2.75) is 26.3 Å². The van der Waals surface area contributed by atoms with E-state index in [0.29, 0.717) is 12.4 Å². The zero-order chi connectivity index (χ0) is 21.2. The van der Waals surface area contributed by atoms with Gasteiger partial charge in [0.2, 0.25) is 11.7 Å². The standard InChI is InChI=1S/C24H22N6O/c1-2-6-21-22-20(9-5-14-25-22)24(31)30(21)15-16-10-12-17(13-11-16)18-7-3-4-8-19(18)23-26-28-29-27-23/h3-5,7-14,31H,2,6,15H2,1H3,(H,26,27,28,29). The minimum atomic E-state index is 0.276. The van der Waals surface area contributed by atoms with Crippen LogP contribution < -0.4 is 0 Å².